The first-order chi connectivity index (χ1) is 7.70. The van der Waals surface area contributed by atoms with Crippen molar-refractivity contribution in [3.05, 3.63) is 0 Å². The summed E-state index contributed by atoms with van der Waals surface area (Å²) in [6.07, 6.45) is 5.04. The second-order valence-electron chi connectivity index (χ2n) is 5.61. The molecule has 0 amide bonds. The molecule has 0 aromatic rings. The zero-order valence-corrected chi connectivity index (χ0v) is 10.8. The molecule has 2 heterocycles. The molecule has 2 fully saturated rings. The molecule has 2 aliphatic heterocycles. The largest absolute Gasteiger partial charge is 0.379 e. The summed E-state index contributed by atoms with van der Waals surface area (Å²) in [5.41, 5.74) is 6.70. The lowest BCUT2D eigenvalue weighted by atomic mass is 9.81. The Hall–Kier alpha value is -0.120. The van der Waals surface area contributed by atoms with Gasteiger partial charge in [0.05, 0.1) is 12.1 Å². The predicted molar refractivity (Wildman–Crippen MR) is 66.4 cm³/mol. The van der Waals surface area contributed by atoms with Gasteiger partial charge in [0.15, 0.2) is 0 Å². The smallest absolute Gasteiger partial charge is 0.0663 e. The Bertz CT molecular complexity index is 232. The zero-order valence-electron chi connectivity index (χ0n) is 10.8. The Morgan fingerprint density at radius 1 is 1.25 bits per heavy atom. The zero-order chi connectivity index (χ0) is 11.6. The first-order valence-corrected chi connectivity index (χ1v) is 6.73. The van der Waals surface area contributed by atoms with Gasteiger partial charge in [-0.3, -0.25) is 4.90 Å². The standard InChI is InChI=1S/C13H26N2O/c1-3-12(4-2)5-7-15(10-12)13(9-14)6-8-16-11-13/h3-11,14H2,1-2H3. The van der Waals surface area contributed by atoms with Crippen LogP contribution < -0.4 is 5.73 Å². The fourth-order valence-electron chi connectivity index (χ4n) is 3.30. The Balaban J connectivity index is 2.07. The number of hydrogen-bond acceptors (Lipinski definition) is 3. The highest BCUT2D eigenvalue weighted by atomic mass is 16.5. The van der Waals surface area contributed by atoms with Gasteiger partial charge in [-0.2, -0.15) is 0 Å². The minimum atomic E-state index is 0.159. The summed E-state index contributed by atoms with van der Waals surface area (Å²) < 4.78 is 5.58. The van der Waals surface area contributed by atoms with Crippen molar-refractivity contribution in [2.24, 2.45) is 11.1 Å². The van der Waals surface area contributed by atoms with Crippen molar-refractivity contribution in [2.45, 2.75) is 45.1 Å². The van der Waals surface area contributed by atoms with Gasteiger partial charge in [0, 0.05) is 19.7 Å². The van der Waals surface area contributed by atoms with E-state index in [1.807, 2.05) is 0 Å². The third-order valence-electron chi connectivity index (χ3n) is 5.07. The van der Waals surface area contributed by atoms with Crippen molar-refractivity contribution in [1.82, 2.24) is 4.90 Å². The minimum absolute atomic E-state index is 0.159. The first-order valence-electron chi connectivity index (χ1n) is 6.73. The van der Waals surface area contributed by atoms with E-state index in [-0.39, 0.29) is 5.54 Å². The van der Waals surface area contributed by atoms with E-state index in [0.717, 1.165) is 26.2 Å². The van der Waals surface area contributed by atoms with Gasteiger partial charge in [-0.05, 0) is 37.6 Å². The summed E-state index contributed by atoms with van der Waals surface area (Å²) in [6.45, 7) is 9.56. The van der Waals surface area contributed by atoms with Crippen LogP contribution in [-0.2, 0) is 4.74 Å². The number of hydrogen-bond donors (Lipinski definition) is 1. The van der Waals surface area contributed by atoms with E-state index in [9.17, 15) is 0 Å². The molecule has 2 saturated heterocycles. The van der Waals surface area contributed by atoms with Crippen molar-refractivity contribution < 1.29 is 4.74 Å². The average Bonchev–Trinajstić information content (AvgIpc) is 2.97. The molecule has 0 aromatic heterocycles. The summed E-state index contributed by atoms with van der Waals surface area (Å²) >= 11 is 0. The Morgan fingerprint density at radius 3 is 2.44 bits per heavy atom. The fourth-order valence-corrected chi connectivity index (χ4v) is 3.30. The summed E-state index contributed by atoms with van der Waals surface area (Å²) in [5, 5.41) is 0. The van der Waals surface area contributed by atoms with Crippen molar-refractivity contribution in [2.75, 3.05) is 32.8 Å². The van der Waals surface area contributed by atoms with E-state index in [1.165, 1.54) is 32.4 Å². The SMILES string of the molecule is CCC1(CC)CCN(C2(CN)CCOC2)C1. The van der Waals surface area contributed by atoms with Crippen molar-refractivity contribution in [1.29, 1.82) is 0 Å². The van der Waals surface area contributed by atoms with E-state index in [0.29, 0.717) is 5.41 Å². The number of ether oxygens (including phenoxy) is 1. The van der Waals surface area contributed by atoms with E-state index < -0.39 is 0 Å². The maximum absolute atomic E-state index is 6.00. The Kier molecular flexibility index (Phi) is 3.57. The third kappa shape index (κ3) is 1.89. The summed E-state index contributed by atoms with van der Waals surface area (Å²) in [6, 6.07) is 0. The highest BCUT2D eigenvalue weighted by Crippen LogP contribution is 2.41. The van der Waals surface area contributed by atoms with Crippen LogP contribution >= 0.6 is 0 Å². The number of nitrogens with two attached hydrogens (primary N) is 1. The minimum Gasteiger partial charge on any atom is -0.379 e. The van der Waals surface area contributed by atoms with Crippen LogP contribution in [0.3, 0.4) is 0 Å². The van der Waals surface area contributed by atoms with Gasteiger partial charge in [-0.1, -0.05) is 13.8 Å². The van der Waals surface area contributed by atoms with Crippen LogP contribution in [-0.4, -0.2) is 43.3 Å². The molecule has 0 bridgehead atoms. The lowest BCUT2D eigenvalue weighted by Gasteiger charge is -2.38. The highest BCUT2D eigenvalue weighted by Gasteiger charge is 2.46. The molecule has 0 radical (unpaired) electrons. The fraction of sp³-hybridized carbons (Fsp3) is 1.00. The Labute approximate surface area is 99.3 Å². The van der Waals surface area contributed by atoms with Crippen LogP contribution in [0.1, 0.15) is 39.5 Å². The van der Waals surface area contributed by atoms with Crippen LogP contribution in [0.25, 0.3) is 0 Å². The molecule has 0 aliphatic carbocycles. The molecule has 2 rings (SSSR count). The second kappa shape index (κ2) is 4.63. The second-order valence-corrected chi connectivity index (χ2v) is 5.61. The van der Waals surface area contributed by atoms with Gasteiger partial charge < -0.3 is 10.5 Å². The molecule has 1 atom stereocenters. The summed E-state index contributed by atoms with van der Waals surface area (Å²) in [7, 11) is 0. The van der Waals surface area contributed by atoms with Gasteiger partial charge in [0.2, 0.25) is 0 Å². The normalized spacial score (nSPS) is 34.7. The van der Waals surface area contributed by atoms with Crippen LogP contribution in [0.15, 0.2) is 0 Å². The van der Waals surface area contributed by atoms with Gasteiger partial charge in [-0.25, -0.2) is 0 Å². The maximum Gasteiger partial charge on any atom is 0.0663 e. The van der Waals surface area contributed by atoms with Gasteiger partial charge in [0.25, 0.3) is 0 Å². The first kappa shape index (κ1) is 12.3. The lowest BCUT2D eigenvalue weighted by molar-refractivity contribution is 0.0794. The Morgan fingerprint density at radius 2 is 2.00 bits per heavy atom. The van der Waals surface area contributed by atoms with Crippen molar-refractivity contribution in [3.8, 4) is 0 Å². The van der Waals surface area contributed by atoms with Crippen molar-refractivity contribution >= 4 is 0 Å². The van der Waals surface area contributed by atoms with Crippen molar-refractivity contribution in [3.63, 3.8) is 0 Å². The molecule has 0 spiro atoms. The molecule has 16 heavy (non-hydrogen) atoms. The molecule has 2 aliphatic rings. The molecular weight excluding hydrogens is 200 g/mol. The predicted octanol–water partition coefficient (Wildman–Crippen LogP) is 1.62. The summed E-state index contributed by atoms with van der Waals surface area (Å²) in [5.74, 6) is 0. The number of nitrogens with zero attached hydrogens (tertiary/aromatic N) is 1. The maximum atomic E-state index is 6.00. The topological polar surface area (TPSA) is 38.5 Å². The molecule has 3 heteroatoms. The quantitative estimate of drug-likeness (QED) is 0.791. The molecule has 0 aromatic carbocycles. The highest BCUT2D eigenvalue weighted by molar-refractivity contribution is 5.01. The van der Waals surface area contributed by atoms with E-state index in [2.05, 4.69) is 18.7 Å². The molecule has 0 saturated carbocycles. The molecule has 3 nitrogen and oxygen atoms in total. The van der Waals surface area contributed by atoms with E-state index in [4.69, 9.17) is 10.5 Å². The number of rotatable bonds is 4. The molecule has 1 unspecified atom stereocenters. The van der Waals surface area contributed by atoms with Gasteiger partial charge >= 0.3 is 0 Å². The van der Waals surface area contributed by atoms with Crippen LogP contribution in [0.2, 0.25) is 0 Å². The molecule has 94 valence electrons. The van der Waals surface area contributed by atoms with Gasteiger partial charge in [0.1, 0.15) is 0 Å². The average molecular weight is 226 g/mol. The van der Waals surface area contributed by atoms with E-state index in [1.54, 1.807) is 0 Å². The third-order valence-corrected chi connectivity index (χ3v) is 5.07. The van der Waals surface area contributed by atoms with Crippen LogP contribution in [0.5, 0.6) is 0 Å². The lowest BCUT2D eigenvalue weighted by Crippen LogP contribution is -2.54. The molecular formula is C13H26N2O. The number of likely N-dealkylation sites (tertiary alicyclic amines) is 1. The van der Waals surface area contributed by atoms with Crippen LogP contribution in [0, 0.1) is 5.41 Å². The van der Waals surface area contributed by atoms with E-state index >= 15 is 0 Å². The molecule has 2 N–H and O–H groups in total. The van der Waals surface area contributed by atoms with Gasteiger partial charge in [-0.15, -0.1) is 0 Å². The van der Waals surface area contributed by atoms with Crippen LogP contribution in [0.4, 0.5) is 0 Å². The summed E-state index contributed by atoms with van der Waals surface area (Å²) in [4.78, 5) is 2.62. The monoisotopic (exact) mass is 226 g/mol.